The molecule has 0 amide bonds. The first kappa shape index (κ1) is 15.8. The Morgan fingerprint density at radius 3 is 2.78 bits per heavy atom. The van der Waals surface area contributed by atoms with E-state index in [0.717, 1.165) is 28.0 Å². The van der Waals surface area contributed by atoms with Crippen molar-refractivity contribution in [2.75, 3.05) is 11.9 Å². The molecule has 5 nitrogen and oxygen atoms in total. The number of pyridine rings is 1. The van der Waals surface area contributed by atoms with Gasteiger partial charge in [-0.25, -0.2) is 9.97 Å². The lowest BCUT2D eigenvalue weighted by Gasteiger charge is -2.16. The van der Waals surface area contributed by atoms with Gasteiger partial charge in [0.05, 0.1) is 18.0 Å². The number of aromatic nitrogens is 3. The Hall–Kier alpha value is -2.05. The molecule has 0 saturated carbocycles. The molecule has 3 aromatic heterocycles. The number of fused-ring (bicyclic) bond motifs is 1. The van der Waals surface area contributed by atoms with Crippen LogP contribution in [0.5, 0.6) is 0 Å². The van der Waals surface area contributed by atoms with Crippen molar-refractivity contribution < 1.29 is 5.11 Å². The lowest BCUT2D eigenvalue weighted by atomic mass is 10.1. The van der Waals surface area contributed by atoms with E-state index < -0.39 is 0 Å². The van der Waals surface area contributed by atoms with Crippen molar-refractivity contribution in [2.24, 2.45) is 0 Å². The molecule has 1 unspecified atom stereocenters. The highest BCUT2D eigenvalue weighted by Gasteiger charge is 2.17. The smallest absolute Gasteiger partial charge is 0.164 e. The maximum absolute atomic E-state index is 9.51. The molecule has 0 aliphatic heterocycles. The third-order valence-electron chi connectivity index (χ3n) is 4.00. The Morgan fingerprint density at radius 1 is 1.30 bits per heavy atom. The van der Waals surface area contributed by atoms with E-state index in [1.807, 2.05) is 19.1 Å². The van der Waals surface area contributed by atoms with E-state index in [1.54, 1.807) is 23.7 Å². The SMILES string of the molecule is CCC(CO)Nc1nc(-c2cccnc2)nc2sc(C)c(C)c12. The molecule has 23 heavy (non-hydrogen) atoms. The molecule has 0 saturated heterocycles. The number of rotatable bonds is 5. The number of aliphatic hydroxyl groups excluding tert-OH is 1. The van der Waals surface area contributed by atoms with Gasteiger partial charge in [-0.2, -0.15) is 0 Å². The van der Waals surface area contributed by atoms with Crippen LogP contribution in [0.2, 0.25) is 0 Å². The molecule has 6 heteroatoms. The molecule has 120 valence electrons. The molecule has 0 bridgehead atoms. The van der Waals surface area contributed by atoms with Crippen LogP contribution in [0.3, 0.4) is 0 Å². The molecule has 0 fully saturated rings. The number of aryl methyl sites for hydroxylation is 2. The van der Waals surface area contributed by atoms with Crippen LogP contribution in [-0.4, -0.2) is 32.7 Å². The normalized spacial score (nSPS) is 12.5. The number of thiophene rings is 1. The van der Waals surface area contributed by atoms with Crippen molar-refractivity contribution in [1.29, 1.82) is 0 Å². The molecule has 0 spiro atoms. The quantitative estimate of drug-likeness (QED) is 0.749. The molecule has 0 radical (unpaired) electrons. The Morgan fingerprint density at radius 2 is 2.13 bits per heavy atom. The van der Waals surface area contributed by atoms with Crippen LogP contribution < -0.4 is 5.32 Å². The van der Waals surface area contributed by atoms with E-state index in [9.17, 15) is 5.11 Å². The second kappa shape index (κ2) is 6.60. The topological polar surface area (TPSA) is 70.9 Å². The fourth-order valence-electron chi connectivity index (χ4n) is 2.45. The van der Waals surface area contributed by atoms with E-state index in [-0.39, 0.29) is 12.6 Å². The number of nitrogens with one attached hydrogen (secondary N) is 1. The highest BCUT2D eigenvalue weighted by Crippen LogP contribution is 2.35. The third kappa shape index (κ3) is 3.04. The van der Waals surface area contributed by atoms with Crippen LogP contribution in [0, 0.1) is 13.8 Å². The summed E-state index contributed by atoms with van der Waals surface area (Å²) in [7, 11) is 0. The molecule has 0 aromatic carbocycles. The minimum absolute atomic E-state index is 0.0190. The highest BCUT2D eigenvalue weighted by molar-refractivity contribution is 7.18. The largest absolute Gasteiger partial charge is 0.394 e. The van der Waals surface area contributed by atoms with Gasteiger partial charge in [-0.1, -0.05) is 6.92 Å². The number of anilines is 1. The molecule has 2 N–H and O–H groups in total. The molecule has 3 heterocycles. The Labute approximate surface area is 139 Å². The highest BCUT2D eigenvalue weighted by atomic mass is 32.1. The minimum atomic E-state index is -0.0190. The first-order chi connectivity index (χ1) is 11.1. The van der Waals surface area contributed by atoms with E-state index in [2.05, 4.69) is 24.1 Å². The van der Waals surface area contributed by atoms with Crippen molar-refractivity contribution in [2.45, 2.75) is 33.2 Å². The Balaban J connectivity index is 2.18. The second-order valence-electron chi connectivity index (χ2n) is 5.53. The summed E-state index contributed by atoms with van der Waals surface area (Å²) in [4.78, 5) is 15.8. The van der Waals surface area contributed by atoms with Crippen LogP contribution >= 0.6 is 11.3 Å². The summed E-state index contributed by atoms with van der Waals surface area (Å²) in [5, 5.41) is 13.9. The predicted octanol–water partition coefficient (Wildman–Crippen LogP) is 3.55. The van der Waals surface area contributed by atoms with E-state index >= 15 is 0 Å². The summed E-state index contributed by atoms with van der Waals surface area (Å²) in [6, 6.07) is 3.81. The zero-order valence-corrected chi connectivity index (χ0v) is 14.3. The van der Waals surface area contributed by atoms with Crippen LogP contribution in [0.25, 0.3) is 21.6 Å². The molecule has 1 atom stereocenters. The van der Waals surface area contributed by atoms with Gasteiger partial charge in [0.15, 0.2) is 5.82 Å². The van der Waals surface area contributed by atoms with Gasteiger partial charge in [0.1, 0.15) is 10.6 Å². The van der Waals surface area contributed by atoms with Crippen LogP contribution in [-0.2, 0) is 0 Å². The first-order valence-corrected chi connectivity index (χ1v) is 8.51. The van der Waals surface area contributed by atoms with Gasteiger partial charge in [-0.15, -0.1) is 11.3 Å². The molecular formula is C17H20N4OS. The van der Waals surface area contributed by atoms with Gasteiger partial charge in [0.25, 0.3) is 0 Å². The van der Waals surface area contributed by atoms with Gasteiger partial charge in [0.2, 0.25) is 0 Å². The molecule has 0 aliphatic carbocycles. The number of nitrogens with zero attached hydrogens (tertiary/aromatic N) is 3. The summed E-state index contributed by atoms with van der Waals surface area (Å²) < 4.78 is 0. The van der Waals surface area contributed by atoms with Crippen LogP contribution in [0.4, 0.5) is 5.82 Å². The van der Waals surface area contributed by atoms with Crippen molar-refractivity contribution in [3.8, 4) is 11.4 Å². The molecular weight excluding hydrogens is 308 g/mol. The van der Waals surface area contributed by atoms with Gasteiger partial charge in [0, 0.05) is 22.8 Å². The van der Waals surface area contributed by atoms with Crippen molar-refractivity contribution >= 4 is 27.4 Å². The lowest BCUT2D eigenvalue weighted by Crippen LogP contribution is -2.23. The number of hydrogen-bond acceptors (Lipinski definition) is 6. The molecule has 3 rings (SSSR count). The lowest BCUT2D eigenvalue weighted by molar-refractivity contribution is 0.271. The molecule has 0 aliphatic rings. The minimum Gasteiger partial charge on any atom is -0.394 e. The Bertz CT molecular complexity index is 812. The predicted molar refractivity (Wildman–Crippen MR) is 94.9 cm³/mol. The summed E-state index contributed by atoms with van der Waals surface area (Å²) >= 11 is 1.67. The zero-order chi connectivity index (χ0) is 16.4. The standard InChI is InChI=1S/C17H20N4OS/c1-4-13(9-22)19-16-14-10(2)11(3)23-17(14)21-15(20-16)12-6-5-7-18-8-12/h5-8,13,22H,4,9H2,1-3H3,(H,19,20,21). The maximum atomic E-state index is 9.51. The van der Waals surface area contributed by atoms with E-state index in [0.29, 0.717) is 5.82 Å². The van der Waals surface area contributed by atoms with Gasteiger partial charge >= 0.3 is 0 Å². The van der Waals surface area contributed by atoms with E-state index in [4.69, 9.17) is 9.97 Å². The average molecular weight is 328 g/mol. The fourth-order valence-corrected chi connectivity index (χ4v) is 3.48. The van der Waals surface area contributed by atoms with Crippen molar-refractivity contribution in [3.63, 3.8) is 0 Å². The first-order valence-electron chi connectivity index (χ1n) is 7.69. The maximum Gasteiger partial charge on any atom is 0.164 e. The summed E-state index contributed by atoms with van der Waals surface area (Å²) in [6.07, 6.45) is 4.33. The summed E-state index contributed by atoms with van der Waals surface area (Å²) in [5.41, 5.74) is 2.08. The Kier molecular flexibility index (Phi) is 4.54. The zero-order valence-electron chi connectivity index (χ0n) is 13.5. The second-order valence-corrected chi connectivity index (χ2v) is 6.74. The number of aliphatic hydroxyl groups is 1. The summed E-state index contributed by atoms with van der Waals surface area (Å²) in [6.45, 7) is 6.30. The monoisotopic (exact) mass is 328 g/mol. The molecule has 3 aromatic rings. The van der Waals surface area contributed by atoms with Crippen molar-refractivity contribution in [1.82, 2.24) is 15.0 Å². The fraction of sp³-hybridized carbons (Fsp3) is 0.353. The van der Waals surface area contributed by atoms with Gasteiger partial charge < -0.3 is 10.4 Å². The van der Waals surface area contributed by atoms with Gasteiger partial charge in [-0.3, -0.25) is 4.98 Å². The van der Waals surface area contributed by atoms with Gasteiger partial charge in [-0.05, 0) is 38.0 Å². The van der Waals surface area contributed by atoms with Crippen LogP contribution in [0.1, 0.15) is 23.8 Å². The number of hydrogen-bond donors (Lipinski definition) is 2. The van der Waals surface area contributed by atoms with E-state index in [1.165, 1.54) is 10.4 Å². The van der Waals surface area contributed by atoms with Crippen molar-refractivity contribution in [3.05, 3.63) is 35.0 Å². The summed E-state index contributed by atoms with van der Waals surface area (Å²) in [5.74, 6) is 1.44. The van der Waals surface area contributed by atoms with Crippen LogP contribution in [0.15, 0.2) is 24.5 Å². The average Bonchev–Trinajstić information content (AvgIpc) is 2.87. The third-order valence-corrected chi connectivity index (χ3v) is 5.10.